The zero-order chi connectivity index (χ0) is 19.1. The van der Waals surface area contributed by atoms with Gasteiger partial charge < -0.3 is 25.7 Å². The molecule has 1 amide bonds. The van der Waals surface area contributed by atoms with Gasteiger partial charge in [0.25, 0.3) is 0 Å². The molecule has 0 bridgehead atoms. The molecule has 1 aliphatic rings. The average Bonchev–Trinajstić information content (AvgIpc) is 3.17. The second-order valence-corrected chi connectivity index (χ2v) is 6.42. The molecule has 0 radical (unpaired) electrons. The molecular weight excluding hydrogens is 344 g/mol. The van der Waals surface area contributed by atoms with Crippen molar-refractivity contribution in [3.8, 4) is 11.3 Å². The van der Waals surface area contributed by atoms with Crippen LogP contribution in [0.1, 0.15) is 25.6 Å². The maximum atomic E-state index is 11.7. The van der Waals surface area contributed by atoms with Crippen LogP contribution in [-0.4, -0.2) is 52.7 Å². The predicted molar refractivity (Wildman–Crippen MR) is 104 cm³/mol. The Balaban J connectivity index is 1.47. The molecule has 1 aromatic carbocycles. The van der Waals surface area contributed by atoms with Gasteiger partial charge in [0, 0.05) is 19.1 Å². The molecule has 1 fully saturated rings. The number of imidazole rings is 1. The lowest BCUT2D eigenvalue weighted by Crippen LogP contribution is -2.48. The van der Waals surface area contributed by atoms with E-state index in [1.165, 1.54) is 0 Å². The molecule has 2 aromatic rings. The van der Waals surface area contributed by atoms with Gasteiger partial charge in [-0.2, -0.15) is 0 Å². The second kappa shape index (κ2) is 9.07. The topological polar surface area (TPSA) is 109 Å². The molecule has 0 unspecified atom stereocenters. The number of hydrogen-bond acceptors (Lipinski definition) is 4. The lowest BCUT2D eigenvalue weighted by molar-refractivity contribution is 0.0963. The monoisotopic (exact) mass is 370 g/mol. The molecule has 8 heteroatoms. The number of guanidine groups is 1. The highest BCUT2D eigenvalue weighted by molar-refractivity contribution is 5.78. The van der Waals surface area contributed by atoms with Crippen molar-refractivity contribution in [2.24, 2.45) is 10.7 Å². The van der Waals surface area contributed by atoms with Crippen LogP contribution in [0.25, 0.3) is 11.3 Å². The van der Waals surface area contributed by atoms with Gasteiger partial charge in [0.1, 0.15) is 12.4 Å². The molecule has 1 aliphatic heterocycles. The molecule has 1 aromatic heterocycles. The number of piperidine rings is 1. The van der Waals surface area contributed by atoms with Gasteiger partial charge in [0.05, 0.1) is 18.5 Å². The van der Waals surface area contributed by atoms with Gasteiger partial charge in [-0.05, 0) is 25.3 Å². The molecule has 0 spiro atoms. The Morgan fingerprint density at radius 2 is 2.11 bits per heavy atom. The van der Waals surface area contributed by atoms with E-state index in [2.05, 4.69) is 20.3 Å². The molecule has 3 rings (SSSR count). The van der Waals surface area contributed by atoms with Gasteiger partial charge in [-0.25, -0.2) is 14.8 Å². The second-order valence-electron chi connectivity index (χ2n) is 6.42. The Kier molecular flexibility index (Phi) is 6.30. The maximum Gasteiger partial charge on any atom is 0.409 e. The highest BCUT2D eigenvalue weighted by Crippen LogP contribution is 2.16. The lowest BCUT2D eigenvalue weighted by Gasteiger charge is -2.31. The number of nitrogens with zero attached hydrogens (tertiary/aromatic N) is 3. The molecule has 0 atom stereocenters. The number of nitrogens with one attached hydrogen (secondary N) is 2. The Hall–Kier alpha value is -3.03. The highest BCUT2D eigenvalue weighted by atomic mass is 16.6. The van der Waals surface area contributed by atoms with Crippen molar-refractivity contribution in [2.75, 3.05) is 19.7 Å². The summed E-state index contributed by atoms with van der Waals surface area (Å²) in [6.45, 7) is 3.90. The zero-order valence-electron chi connectivity index (χ0n) is 15.5. The van der Waals surface area contributed by atoms with Crippen molar-refractivity contribution in [2.45, 2.75) is 32.4 Å². The first-order chi connectivity index (χ1) is 13.2. The summed E-state index contributed by atoms with van der Waals surface area (Å²) in [6.07, 6.45) is 3.18. The smallest absolute Gasteiger partial charge is 0.409 e. The number of aromatic amines is 1. The number of H-pyrrole nitrogens is 1. The van der Waals surface area contributed by atoms with Crippen molar-refractivity contribution in [1.29, 1.82) is 0 Å². The highest BCUT2D eigenvalue weighted by Gasteiger charge is 2.23. The van der Waals surface area contributed by atoms with E-state index in [-0.39, 0.29) is 12.1 Å². The first-order valence-electron chi connectivity index (χ1n) is 9.23. The molecular formula is C19H26N6O2. The van der Waals surface area contributed by atoms with Gasteiger partial charge in [0.2, 0.25) is 0 Å². The van der Waals surface area contributed by atoms with Gasteiger partial charge in [-0.3, -0.25) is 0 Å². The third kappa shape index (κ3) is 5.22. The van der Waals surface area contributed by atoms with Crippen molar-refractivity contribution in [1.82, 2.24) is 20.2 Å². The summed E-state index contributed by atoms with van der Waals surface area (Å²) < 4.78 is 5.03. The minimum atomic E-state index is -0.246. The van der Waals surface area contributed by atoms with Crippen LogP contribution >= 0.6 is 0 Å². The summed E-state index contributed by atoms with van der Waals surface area (Å²) in [7, 11) is 0. The number of carbonyl (C=O) groups excluding carboxylic acids is 1. The number of nitrogens with two attached hydrogens (primary N) is 1. The van der Waals surface area contributed by atoms with E-state index >= 15 is 0 Å². The van der Waals surface area contributed by atoms with Crippen molar-refractivity contribution >= 4 is 12.1 Å². The summed E-state index contributed by atoms with van der Waals surface area (Å²) in [5.41, 5.74) is 8.04. The van der Waals surface area contributed by atoms with Gasteiger partial charge in [0.15, 0.2) is 5.96 Å². The van der Waals surface area contributed by atoms with E-state index in [0.717, 1.165) is 29.9 Å². The molecule has 27 heavy (non-hydrogen) atoms. The van der Waals surface area contributed by atoms with E-state index in [0.29, 0.717) is 32.2 Å². The number of aromatic nitrogens is 2. The van der Waals surface area contributed by atoms with Crippen LogP contribution in [0, 0.1) is 0 Å². The van der Waals surface area contributed by atoms with Crippen LogP contribution in [0.2, 0.25) is 0 Å². The van der Waals surface area contributed by atoms with E-state index in [4.69, 9.17) is 10.5 Å². The van der Waals surface area contributed by atoms with Crippen LogP contribution in [0.3, 0.4) is 0 Å². The molecule has 2 heterocycles. The molecule has 4 N–H and O–H groups in total. The van der Waals surface area contributed by atoms with Crippen LogP contribution in [0.15, 0.2) is 41.5 Å². The number of aliphatic imine (C=N–C) groups is 1. The summed E-state index contributed by atoms with van der Waals surface area (Å²) in [6, 6.07) is 10.2. The Bertz CT molecular complexity index is 766. The first-order valence-corrected chi connectivity index (χ1v) is 9.23. The van der Waals surface area contributed by atoms with Crippen LogP contribution in [-0.2, 0) is 11.3 Å². The quantitative estimate of drug-likeness (QED) is 0.552. The van der Waals surface area contributed by atoms with Crippen LogP contribution < -0.4 is 11.1 Å². The SMILES string of the molecule is CCOC(=O)N1CCC(NC(N)=NCc2ncc(-c3ccccc3)[nH]2)CC1. The van der Waals surface area contributed by atoms with Crippen molar-refractivity contribution < 1.29 is 9.53 Å². The summed E-state index contributed by atoms with van der Waals surface area (Å²) in [4.78, 5) is 25.4. The van der Waals surface area contributed by atoms with Crippen molar-refractivity contribution in [3.05, 3.63) is 42.4 Å². The van der Waals surface area contributed by atoms with E-state index in [9.17, 15) is 4.79 Å². The molecule has 0 aliphatic carbocycles. The fourth-order valence-corrected chi connectivity index (χ4v) is 3.04. The largest absolute Gasteiger partial charge is 0.450 e. The van der Waals surface area contributed by atoms with E-state index in [1.807, 2.05) is 37.3 Å². The fourth-order valence-electron chi connectivity index (χ4n) is 3.04. The third-order valence-electron chi connectivity index (χ3n) is 4.49. The summed E-state index contributed by atoms with van der Waals surface area (Å²) >= 11 is 0. The number of amides is 1. The number of benzene rings is 1. The first kappa shape index (κ1) is 18.8. The normalized spacial score (nSPS) is 15.6. The van der Waals surface area contributed by atoms with E-state index < -0.39 is 0 Å². The van der Waals surface area contributed by atoms with Crippen molar-refractivity contribution in [3.63, 3.8) is 0 Å². The number of ether oxygens (including phenoxy) is 1. The van der Waals surface area contributed by atoms with Gasteiger partial charge >= 0.3 is 6.09 Å². The standard InChI is InChI=1S/C19H26N6O2/c1-2-27-19(26)25-10-8-15(9-11-25)23-18(20)22-13-17-21-12-16(24-17)14-6-4-3-5-7-14/h3-7,12,15H,2,8-11,13H2,1H3,(H,21,24)(H3,20,22,23). The third-order valence-corrected chi connectivity index (χ3v) is 4.49. The Labute approximate surface area is 158 Å². The number of rotatable bonds is 5. The van der Waals surface area contributed by atoms with Crippen LogP contribution in [0.4, 0.5) is 4.79 Å². The molecule has 8 nitrogen and oxygen atoms in total. The number of hydrogen-bond donors (Lipinski definition) is 3. The number of likely N-dealkylation sites (tertiary alicyclic amines) is 1. The molecule has 1 saturated heterocycles. The fraction of sp³-hybridized carbons (Fsp3) is 0.421. The number of carbonyl (C=O) groups is 1. The molecule has 144 valence electrons. The lowest BCUT2D eigenvalue weighted by atomic mass is 10.1. The van der Waals surface area contributed by atoms with Crippen LogP contribution in [0.5, 0.6) is 0 Å². The Morgan fingerprint density at radius 1 is 1.37 bits per heavy atom. The summed E-state index contributed by atoms with van der Waals surface area (Å²) in [5.74, 6) is 1.15. The minimum absolute atomic E-state index is 0.205. The summed E-state index contributed by atoms with van der Waals surface area (Å²) in [5, 5.41) is 3.23. The maximum absolute atomic E-state index is 11.7. The predicted octanol–water partition coefficient (Wildman–Crippen LogP) is 2.10. The van der Waals surface area contributed by atoms with E-state index in [1.54, 1.807) is 11.1 Å². The Morgan fingerprint density at radius 3 is 2.81 bits per heavy atom. The van der Waals surface area contributed by atoms with Gasteiger partial charge in [-0.15, -0.1) is 0 Å². The average molecular weight is 370 g/mol. The molecule has 0 saturated carbocycles. The minimum Gasteiger partial charge on any atom is -0.450 e. The zero-order valence-corrected chi connectivity index (χ0v) is 15.5. The van der Waals surface area contributed by atoms with Gasteiger partial charge in [-0.1, -0.05) is 30.3 Å².